The molecule has 0 aliphatic carbocycles. The van der Waals surface area contributed by atoms with E-state index in [0.29, 0.717) is 12.2 Å². The fraction of sp³-hybridized carbons (Fsp3) is 0.111. The second-order valence-corrected chi connectivity index (χ2v) is 7.80. The predicted octanol–water partition coefficient (Wildman–Crippen LogP) is 3.14. The third-order valence-corrected chi connectivity index (χ3v) is 5.08. The highest BCUT2D eigenvalue weighted by molar-refractivity contribution is 7.90. The van der Waals surface area contributed by atoms with Gasteiger partial charge in [0, 0.05) is 18.0 Å². The van der Waals surface area contributed by atoms with E-state index in [4.69, 9.17) is 4.42 Å². The quantitative estimate of drug-likeness (QED) is 0.563. The smallest absolute Gasteiger partial charge is 0.175 e. The normalized spacial score (nSPS) is 11.9. The average molecular weight is 353 g/mol. The van der Waals surface area contributed by atoms with Gasteiger partial charge in [-0.3, -0.25) is 4.98 Å². The summed E-state index contributed by atoms with van der Waals surface area (Å²) in [4.78, 5) is 9.42. The summed E-state index contributed by atoms with van der Waals surface area (Å²) in [5, 5.41) is 0. The van der Waals surface area contributed by atoms with Crippen molar-refractivity contribution in [2.75, 3.05) is 6.26 Å². The Morgan fingerprint density at radius 2 is 1.92 bits per heavy atom. The molecule has 4 aromatic rings. The van der Waals surface area contributed by atoms with Crippen molar-refractivity contribution < 1.29 is 12.8 Å². The van der Waals surface area contributed by atoms with Gasteiger partial charge >= 0.3 is 0 Å². The monoisotopic (exact) mass is 353 g/mol. The topological polar surface area (TPSA) is 78.0 Å². The zero-order valence-electron chi connectivity index (χ0n) is 13.5. The van der Waals surface area contributed by atoms with Gasteiger partial charge in [0.1, 0.15) is 11.3 Å². The average Bonchev–Trinajstić information content (AvgIpc) is 3.24. The Morgan fingerprint density at radius 1 is 1.12 bits per heavy atom. The summed E-state index contributed by atoms with van der Waals surface area (Å²) in [7, 11) is -3.21. The molecule has 126 valence electrons. The van der Waals surface area contributed by atoms with Crippen LogP contribution in [-0.4, -0.2) is 29.2 Å². The van der Waals surface area contributed by atoms with E-state index in [1.807, 2.05) is 29.0 Å². The van der Waals surface area contributed by atoms with Crippen LogP contribution < -0.4 is 0 Å². The maximum atomic E-state index is 11.6. The molecule has 3 aromatic heterocycles. The molecule has 3 heterocycles. The van der Waals surface area contributed by atoms with E-state index in [0.717, 1.165) is 22.5 Å². The van der Waals surface area contributed by atoms with Gasteiger partial charge in [-0.15, -0.1) is 0 Å². The van der Waals surface area contributed by atoms with Crippen molar-refractivity contribution in [2.45, 2.75) is 11.4 Å². The highest BCUT2D eigenvalue weighted by atomic mass is 32.2. The second-order valence-electron chi connectivity index (χ2n) is 5.78. The van der Waals surface area contributed by atoms with Gasteiger partial charge in [0.25, 0.3) is 0 Å². The van der Waals surface area contributed by atoms with Crippen LogP contribution >= 0.6 is 0 Å². The van der Waals surface area contributed by atoms with Crippen LogP contribution in [0.25, 0.3) is 22.4 Å². The zero-order chi connectivity index (χ0) is 17.4. The molecular weight excluding hydrogens is 338 g/mol. The van der Waals surface area contributed by atoms with Crippen LogP contribution in [0.1, 0.15) is 5.76 Å². The third kappa shape index (κ3) is 3.06. The standard InChI is InChI=1S/C18H15N3O3S/c1-25(22,23)15-6-4-13(5-7-15)17-11-19-16-8-9-21(18(16)20-17)12-14-3-2-10-24-14/h2-11H,12H2,1H3. The van der Waals surface area contributed by atoms with E-state index in [2.05, 4.69) is 9.97 Å². The van der Waals surface area contributed by atoms with E-state index in [9.17, 15) is 8.42 Å². The first-order chi connectivity index (χ1) is 12.0. The van der Waals surface area contributed by atoms with Gasteiger partial charge in [-0.1, -0.05) is 12.1 Å². The summed E-state index contributed by atoms with van der Waals surface area (Å²) in [5.41, 5.74) is 3.05. The van der Waals surface area contributed by atoms with Crippen molar-refractivity contribution in [2.24, 2.45) is 0 Å². The molecule has 6 nitrogen and oxygen atoms in total. The van der Waals surface area contributed by atoms with E-state index in [-0.39, 0.29) is 4.90 Å². The number of hydrogen-bond acceptors (Lipinski definition) is 5. The molecule has 0 radical (unpaired) electrons. The van der Waals surface area contributed by atoms with Gasteiger partial charge in [0.2, 0.25) is 0 Å². The number of aromatic nitrogens is 3. The summed E-state index contributed by atoms with van der Waals surface area (Å²) < 4.78 is 30.5. The molecule has 25 heavy (non-hydrogen) atoms. The zero-order valence-corrected chi connectivity index (χ0v) is 14.3. The lowest BCUT2D eigenvalue weighted by molar-refractivity contribution is 0.496. The number of sulfone groups is 1. The molecule has 0 saturated heterocycles. The molecule has 0 saturated carbocycles. The minimum atomic E-state index is -3.21. The van der Waals surface area contributed by atoms with E-state index >= 15 is 0 Å². The number of benzene rings is 1. The van der Waals surface area contributed by atoms with Gasteiger partial charge in [0.05, 0.1) is 29.6 Å². The van der Waals surface area contributed by atoms with Crippen LogP contribution in [0.4, 0.5) is 0 Å². The molecule has 0 N–H and O–H groups in total. The maximum Gasteiger partial charge on any atom is 0.175 e. The number of fused-ring (bicyclic) bond motifs is 1. The first-order valence-corrected chi connectivity index (χ1v) is 9.54. The number of rotatable bonds is 4. The molecule has 0 aliphatic rings. The summed E-state index contributed by atoms with van der Waals surface area (Å²) in [6, 6.07) is 12.3. The molecule has 4 rings (SSSR count). The van der Waals surface area contributed by atoms with Gasteiger partial charge < -0.3 is 8.98 Å². The van der Waals surface area contributed by atoms with Crippen LogP contribution in [-0.2, 0) is 16.4 Å². The van der Waals surface area contributed by atoms with Crippen LogP contribution in [0.2, 0.25) is 0 Å². The molecule has 0 aliphatic heterocycles. The van der Waals surface area contributed by atoms with Gasteiger partial charge in [0.15, 0.2) is 15.5 Å². The second kappa shape index (κ2) is 5.86. The third-order valence-electron chi connectivity index (χ3n) is 3.95. The van der Waals surface area contributed by atoms with Crippen molar-refractivity contribution in [3.63, 3.8) is 0 Å². The Labute approximate surface area is 144 Å². The number of nitrogens with zero attached hydrogens (tertiary/aromatic N) is 3. The lowest BCUT2D eigenvalue weighted by Gasteiger charge is -2.05. The number of furan rings is 1. The highest BCUT2D eigenvalue weighted by Gasteiger charge is 2.10. The van der Waals surface area contributed by atoms with Crippen molar-refractivity contribution in [1.82, 2.24) is 14.5 Å². The summed E-state index contributed by atoms with van der Waals surface area (Å²) >= 11 is 0. The van der Waals surface area contributed by atoms with Gasteiger partial charge in [-0.2, -0.15) is 0 Å². The van der Waals surface area contributed by atoms with Crippen molar-refractivity contribution >= 4 is 21.0 Å². The Balaban J connectivity index is 1.73. The SMILES string of the molecule is CS(=O)(=O)c1ccc(-c2cnc3ccn(Cc4ccco4)c3n2)cc1. The summed E-state index contributed by atoms with van der Waals surface area (Å²) in [6.07, 6.45) is 6.44. The number of hydrogen-bond donors (Lipinski definition) is 0. The predicted molar refractivity (Wildman–Crippen MR) is 93.9 cm³/mol. The fourth-order valence-electron chi connectivity index (χ4n) is 2.66. The molecule has 0 amide bonds. The summed E-state index contributed by atoms with van der Waals surface area (Å²) in [6.45, 7) is 0.571. The first kappa shape index (κ1) is 15.6. The Bertz CT molecular complexity index is 1130. The van der Waals surface area contributed by atoms with Crippen LogP contribution in [0, 0.1) is 0 Å². The minimum absolute atomic E-state index is 0.284. The van der Waals surface area contributed by atoms with Crippen LogP contribution in [0.5, 0.6) is 0 Å². The highest BCUT2D eigenvalue weighted by Crippen LogP contribution is 2.22. The lowest BCUT2D eigenvalue weighted by atomic mass is 10.2. The molecule has 1 aromatic carbocycles. The Morgan fingerprint density at radius 3 is 2.60 bits per heavy atom. The van der Waals surface area contributed by atoms with Crippen LogP contribution in [0.15, 0.2) is 70.4 Å². The molecule has 0 bridgehead atoms. The van der Waals surface area contributed by atoms with Crippen molar-refractivity contribution in [3.8, 4) is 11.3 Å². The van der Waals surface area contributed by atoms with Crippen LogP contribution in [0.3, 0.4) is 0 Å². The minimum Gasteiger partial charge on any atom is -0.467 e. The largest absolute Gasteiger partial charge is 0.467 e. The van der Waals surface area contributed by atoms with Gasteiger partial charge in [-0.25, -0.2) is 13.4 Å². The lowest BCUT2D eigenvalue weighted by Crippen LogP contribution is -2.00. The molecule has 0 fully saturated rings. The van der Waals surface area contributed by atoms with E-state index in [1.165, 1.54) is 6.26 Å². The summed E-state index contributed by atoms with van der Waals surface area (Å²) in [5.74, 6) is 0.835. The van der Waals surface area contributed by atoms with E-state index in [1.54, 1.807) is 36.7 Å². The fourth-order valence-corrected chi connectivity index (χ4v) is 3.29. The molecule has 0 unspecified atom stereocenters. The molecule has 7 heteroatoms. The van der Waals surface area contributed by atoms with Crippen molar-refractivity contribution in [3.05, 3.63) is 66.9 Å². The molecule has 0 atom stereocenters. The Kier molecular flexibility index (Phi) is 3.65. The van der Waals surface area contributed by atoms with Crippen molar-refractivity contribution in [1.29, 1.82) is 0 Å². The van der Waals surface area contributed by atoms with Gasteiger partial charge in [-0.05, 0) is 30.3 Å². The maximum absolute atomic E-state index is 11.6. The molecule has 0 spiro atoms. The molecular formula is C18H15N3O3S. The first-order valence-electron chi connectivity index (χ1n) is 7.65. The Hall–Kier alpha value is -2.93. The van der Waals surface area contributed by atoms with E-state index < -0.39 is 9.84 Å².